The summed E-state index contributed by atoms with van der Waals surface area (Å²) in [5.74, 6) is -0.320. The number of aromatic nitrogens is 2. The largest absolute Gasteiger partial charge is 0.466 e. The molecule has 0 aliphatic rings. The van der Waals surface area contributed by atoms with Crippen molar-refractivity contribution < 1.29 is 9.53 Å². The molecule has 0 aliphatic heterocycles. The average Bonchev–Trinajstić information content (AvgIpc) is 2.39. The lowest BCUT2D eigenvalue weighted by molar-refractivity contribution is -0.143. The smallest absolute Gasteiger partial charge is 0.307 e. The van der Waals surface area contributed by atoms with Crippen molar-refractivity contribution in [2.24, 2.45) is 0 Å². The van der Waals surface area contributed by atoms with E-state index in [-0.39, 0.29) is 24.5 Å². The molecule has 0 saturated carbocycles. The average molecular weight is 246 g/mol. The molecule has 18 heavy (non-hydrogen) atoms. The van der Waals surface area contributed by atoms with Crippen LogP contribution in [0.15, 0.2) is 35.3 Å². The molecule has 2 aromatic rings. The molecule has 5 nitrogen and oxygen atoms in total. The Balaban J connectivity index is 2.22. The fourth-order valence-corrected chi connectivity index (χ4v) is 1.72. The van der Waals surface area contributed by atoms with Crippen LogP contribution in [-0.4, -0.2) is 22.4 Å². The van der Waals surface area contributed by atoms with Gasteiger partial charge in [0.25, 0.3) is 5.56 Å². The summed E-state index contributed by atoms with van der Waals surface area (Å²) >= 11 is 0. The number of hydrogen-bond donors (Lipinski definition) is 0. The normalized spacial score (nSPS) is 10.5. The molecule has 0 spiro atoms. The Bertz CT molecular complexity index is 619. The van der Waals surface area contributed by atoms with E-state index < -0.39 is 0 Å². The van der Waals surface area contributed by atoms with Gasteiger partial charge in [0.2, 0.25) is 0 Å². The van der Waals surface area contributed by atoms with Crippen LogP contribution in [-0.2, 0) is 16.1 Å². The van der Waals surface area contributed by atoms with E-state index in [1.54, 1.807) is 25.3 Å². The topological polar surface area (TPSA) is 61.2 Å². The van der Waals surface area contributed by atoms with Crippen LogP contribution in [0.25, 0.3) is 10.8 Å². The highest BCUT2D eigenvalue weighted by Crippen LogP contribution is 2.06. The Morgan fingerprint density at radius 3 is 2.94 bits per heavy atom. The van der Waals surface area contributed by atoms with Crippen molar-refractivity contribution in [2.75, 3.05) is 6.61 Å². The molecular weight excluding hydrogens is 232 g/mol. The first-order chi connectivity index (χ1) is 8.72. The maximum Gasteiger partial charge on any atom is 0.307 e. The van der Waals surface area contributed by atoms with Gasteiger partial charge in [-0.1, -0.05) is 18.2 Å². The molecule has 0 N–H and O–H groups in total. The molecule has 0 aliphatic carbocycles. The van der Waals surface area contributed by atoms with E-state index in [1.807, 2.05) is 12.1 Å². The molecule has 0 unspecified atom stereocenters. The number of nitrogens with zero attached hydrogens (tertiary/aromatic N) is 2. The van der Waals surface area contributed by atoms with Crippen LogP contribution >= 0.6 is 0 Å². The van der Waals surface area contributed by atoms with Crippen LogP contribution < -0.4 is 5.56 Å². The molecule has 1 heterocycles. The van der Waals surface area contributed by atoms with Gasteiger partial charge in [0, 0.05) is 5.39 Å². The standard InChI is InChI=1S/C13H14N2O3/c1-2-18-12(16)7-8-15-13(17)11-6-4-3-5-10(11)9-14-15/h3-6,9H,2,7-8H2,1H3. The number of hydrogen-bond acceptors (Lipinski definition) is 4. The second kappa shape index (κ2) is 5.44. The van der Waals surface area contributed by atoms with E-state index in [0.717, 1.165) is 5.39 Å². The van der Waals surface area contributed by atoms with Gasteiger partial charge in [-0.25, -0.2) is 4.68 Å². The predicted molar refractivity (Wildman–Crippen MR) is 67.3 cm³/mol. The minimum absolute atomic E-state index is 0.152. The van der Waals surface area contributed by atoms with Crippen molar-refractivity contribution in [1.29, 1.82) is 0 Å². The Labute approximate surface area is 104 Å². The van der Waals surface area contributed by atoms with Gasteiger partial charge in [0.1, 0.15) is 0 Å². The van der Waals surface area contributed by atoms with Crippen LogP contribution in [0.1, 0.15) is 13.3 Å². The number of aryl methyl sites for hydroxylation is 1. The SMILES string of the molecule is CCOC(=O)CCn1ncc2ccccc2c1=O. The van der Waals surface area contributed by atoms with E-state index in [2.05, 4.69) is 5.10 Å². The Kier molecular flexibility index (Phi) is 3.72. The summed E-state index contributed by atoms with van der Waals surface area (Å²) < 4.78 is 6.10. The van der Waals surface area contributed by atoms with Crippen LogP contribution in [0, 0.1) is 0 Å². The molecule has 1 aromatic heterocycles. The molecule has 0 fully saturated rings. The Morgan fingerprint density at radius 2 is 2.17 bits per heavy atom. The molecule has 0 atom stereocenters. The molecule has 0 amide bonds. The molecule has 1 aromatic carbocycles. The second-order valence-electron chi connectivity index (χ2n) is 3.82. The van der Waals surface area contributed by atoms with Crippen molar-refractivity contribution in [3.8, 4) is 0 Å². The number of benzene rings is 1. The molecule has 0 bridgehead atoms. The lowest BCUT2D eigenvalue weighted by atomic mass is 10.2. The highest BCUT2D eigenvalue weighted by Gasteiger charge is 2.06. The fraction of sp³-hybridized carbons (Fsp3) is 0.308. The highest BCUT2D eigenvalue weighted by molar-refractivity contribution is 5.80. The lowest BCUT2D eigenvalue weighted by Crippen LogP contribution is -2.24. The van der Waals surface area contributed by atoms with Gasteiger partial charge in [-0.3, -0.25) is 9.59 Å². The molecule has 5 heteroatoms. The highest BCUT2D eigenvalue weighted by atomic mass is 16.5. The van der Waals surface area contributed by atoms with E-state index in [9.17, 15) is 9.59 Å². The summed E-state index contributed by atoms with van der Waals surface area (Å²) in [5.41, 5.74) is -0.183. The number of carbonyl (C=O) groups excluding carboxylic acids is 1. The second-order valence-corrected chi connectivity index (χ2v) is 3.82. The first-order valence-electron chi connectivity index (χ1n) is 5.83. The van der Waals surface area contributed by atoms with Crippen LogP contribution in [0.2, 0.25) is 0 Å². The number of esters is 1. The predicted octanol–water partition coefficient (Wildman–Crippen LogP) is 1.35. The maximum atomic E-state index is 12.0. The summed E-state index contributed by atoms with van der Waals surface area (Å²) in [6, 6.07) is 7.24. The first kappa shape index (κ1) is 12.3. The first-order valence-corrected chi connectivity index (χ1v) is 5.83. The van der Waals surface area contributed by atoms with E-state index in [1.165, 1.54) is 4.68 Å². The van der Waals surface area contributed by atoms with Gasteiger partial charge in [0.05, 0.1) is 31.2 Å². The van der Waals surface area contributed by atoms with E-state index >= 15 is 0 Å². The van der Waals surface area contributed by atoms with Gasteiger partial charge < -0.3 is 4.74 Å². The lowest BCUT2D eigenvalue weighted by Gasteiger charge is -2.05. The zero-order valence-electron chi connectivity index (χ0n) is 10.1. The van der Waals surface area contributed by atoms with Crippen LogP contribution in [0.4, 0.5) is 0 Å². The summed E-state index contributed by atoms with van der Waals surface area (Å²) in [7, 11) is 0. The fourth-order valence-electron chi connectivity index (χ4n) is 1.72. The zero-order valence-corrected chi connectivity index (χ0v) is 10.1. The molecule has 94 valence electrons. The third-order valence-corrected chi connectivity index (χ3v) is 2.59. The third-order valence-electron chi connectivity index (χ3n) is 2.59. The summed E-state index contributed by atoms with van der Waals surface area (Å²) in [4.78, 5) is 23.3. The van der Waals surface area contributed by atoms with Crippen LogP contribution in [0.5, 0.6) is 0 Å². The van der Waals surface area contributed by atoms with Crippen molar-refractivity contribution in [1.82, 2.24) is 9.78 Å². The van der Waals surface area contributed by atoms with E-state index in [4.69, 9.17) is 4.74 Å². The zero-order chi connectivity index (χ0) is 13.0. The number of ether oxygens (including phenoxy) is 1. The molecule has 2 rings (SSSR count). The minimum atomic E-state index is -0.320. The minimum Gasteiger partial charge on any atom is -0.466 e. The monoisotopic (exact) mass is 246 g/mol. The number of rotatable bonds is 4. The Morgan fingerprint density at radius 1 is 1.39 bits per heavy atom. The van der Waals surface area contributed by atoms with Gasteiger partial charge in [0.15, 0.2) is 0 Å². The van der Waals surface area contributed by atoms with Gasteiger partial charge in [-0.05, 0) is 13.0 Å². The van der Waals surface area contributed by atoms with Crippen molar-refractivity contribution >= 4 is 16.7 Å². The third kappa shape index (κ3) is 2.56. The van der Waals surface area contributed by atoms with E-state index in [0.29, 0.717) is 12.0 Å². The van der Waals surface area contributed by atoms with Crippen molar-refractivity contribution in [3.63, 3.8) is 0 Å². The summed E-state index contributed by atoms with van der Waals surface area (Å²) in [5, 5.41) is 5.44. The van der Waals surface area contributed by atoms with Crippen molar-refractivity contribution in [2.45, 2.75) is 19.9 Å². The Hall–Kier alpha value is -2.17. The van der Waals surface area contributed by atoms with Gasteiger partial charge in [-0.15, -0.1) is 0 Å². The molecule has 0 saturated heterocycles. The van der Waals surface area contributed by atoms with Crippen molar-refractivity contribution in [3.05, 3.63) is 40.8 Å². The van der Waals surface area contributed by atoms with Crippen LogP contribution in [0.3, 0.4) is 0 Å². The molecule has 0 radical (unpaired) electrons. The number of fused-ring (bicyclic) bond motifs is 1. The van der Waals surface area contributed by atoms with Gasteiger partial charge in [-0.2, -0.15) is 5.10 Å². The summed E-state index contributed by atoms with van der Waals surface area (Å²) in [6.07, 6.45) is 1.78. The molecular formula is C13H14N2O3. The van der Waals surface area contributed by atoms with Gasteiger partial charge >= 0.3 is 5.97 Å². The maximum absolute atomic E-state index is 12.0. The quantitative estimate of drug-likeness (QED) is 0.764. The summed E-state index contributed by atoms with van der Waals surface area (Å²) in [6.45, 7) is 2.33. The number of carbonyl (C=O) groups is 1.